The van der Waals surface area contributed by atoms with Gasteiger partial charge in [0.1, 0.15) is 11.9 Å². The normalized spacial score (nSPS) is 22.8. The Balaban J connectivity index is 2.27. The topological polar surface area (TPSA) is 69.7 Å². The minimum Gasteiger partial charge on any atom is -0.469 e. The fourth-order valence-corrected chi connectivity index (χ4v) is 4.36. The Hall–Kier alpha value is -0.990. The molecular weight excluding hydrogens is 403 g/mol. The molecule has 5 nitrogen and oxygen atoms in total. The number of halogens is 2. The molecule has 1 aliphatic rings. The number of esters is 1. The second kappa shape index (κ2) is 7.93. The first-order valence-corrected chi connectivity index (χ1v) is 10.2. The molecule has 1 aromatic rings. The van der Waals surface area contributed by atoms with E-state index in [4.69, 9.17) is 8.92 Å². The highest BCUT2D eigenvalue weighted by Gasteiger charge is 2.36. The van der Waals surface area contributed by atoms with Gasteiger partial charge in [0, 0.05) is 10.0 Å². The van der Waals surface area contributed by atoms with E-state index in [2.05, 4.69) is 15.9 Å². The lowest BCUT2D eigenvalue weighted by Crippen LogP contribution is -2.28. The van der Waals surface area contributed by atoms with Gasteiger partial charge in [0.05, 0.1) is 19.3 Å². The van der Waals surface area contributed by atoms with Gasteiger partial charge in [0.25, 0.3) is 10.1 Å². The molecule has 0 heterocycles. The van der Waals surface area contributed by atoms with Crippen molar-refractivity contribution in [3.63, 3.8) is 0 Å². The number of carbonyl (C=O) groups is 1. The molecule has 134 valence electrons. The van der Waals surface area contributed by atoms with Gasteiger partial charge in [-0.2, -0.15) is 8.42 Å². The van der Waals surface area contributed by atoms with E-state index in [0.29, 0.717) is 30.2 Å². The summed E-state index contributed by atoms with van der Waals surface area (Å²) >= 11 is 3.28. The van der Waals surface area contributed by atoms with Crippen LogP contribution in [0, 0.1) is 17.7 Å². The molecule has 24 heavy (non-hydrogen) atoms. The molecule has 1 fully saturated rings. The maximum Gasteiger partial charge on any atom is 0.308 e. The van der Waals surface area contributed by atoms with Crippen LogP contribution >= 0.6 is 15.9 Å². The monoisotopic (exact) mass is 422 g/mol. The highest BCUT2D eigenvalue weighted by molar-refractivity contribution is 9.10. The Kier molecular flexibility index (Phi) is 6.39. The van der Waals surface area contributed by atoms with Gasteiger partial charge in [-0.15, -0.1) is 0 Å². The van der Waals surface area contributed by atoms with Crippen LogP contribution in [-0.2, 0) is 23.8 Å². The van der Waals surface area contributed by atoms with E-state index in [-0.39, 0.29) is 23.4 Å². The molecule has 0 aliphatic heterocycles. The predicted octanol–water partition coefficient (Wildman–Crippen LogP) is 3.58. The lowest BCUT2D eigenvalue weighted by molar-refractivity contribution is -0.147. The summed E-state index contributed by atoms with van der Waals surface area (Å²) in [4.78, 5) is 11.6. The number of hydrogen-bond donors (Lipinski definition) is 0. The predicted molar refractivity (Wildman–Crippen MR) is 90.2 cm³/mol. The standard InChI is InChI=1S/C16H20BrFO5S/c1-22-16(19)11-8-6-10(7-9-11)15(23-24(2,20)21)14-12(17)4-3-5-13(14)18/h3-5,10-11,15H,6-9H2,1-2H3/t10?,11?,15-/m1/s1. The van der Waals surface area contributed by atoms with Crippen molar-refractivity contribution < 1.29 is 26.5 Å². The van der Waals surface area contributed by atoms with Crippen molar-refractivity contribution in [3.05, 3.63) is 34.1 Å². The maximum atomic E-state index is 14.3. The van der Waals surface area contributed by atoms with Crippen molar-refractivity contribution in [1.29, 1.82) is 0 Å². The Morgan fingerprint density at radius 1 is 1.29 bits per heavy atom. The van der Waals surface area contributed by atoms with E-state index in [1.807, 2.05) is 0 Å². The Bertz CT molecular complexity index is 678. The van der Waals surface area contributed by atoms with Crippen molar-refractivity contribution in [1.82, 2.24) is 0 Å². The molecule has 8 heteroatoms. The molecule has 0 saturated heterocycles. The number of carbonyl (C=O) groups excluding carboxylic acids is 1. The van der Waals surface area contributed by atoms with Gasteiger partial charge in [0.2, 0.25) is 0 Å². The molecule has 0 unspecified atom stereocenters. The third kappa shape index (κ3) is 4.77. The quantitative estimate of drug-likeness (QED) is 0.535. The summed E-state index contributed by atoms with van der Waals surface area (Å²) < 4.78 is 48.1. The van der Waals surface area contributed by atoms with Crippen LogP contribution in [0.2, 0.25) is 0 Å². The maximum absolute atomic E-state index is 14.3. The number of benzene rings is 1. The smallest absolute Gasteiger partial charge is 0.308 e. The van der Waals surface area contributed by atoms with E-state index in [9.17, 15) is 17.6 Å². The SMILES string of the molecule is COC(=O)C1CCC([C@@H](OS(C)(=O)=O)c2c(F)cccc2Br)CC1. The molecule has 0 bridgehead atoms. The minimum atomic E-state index is -3.77. The molecule has 0 aromatic heterocycles. The van der Waals surface area contributed by atoms with Crippen LogP contribution in [0.5, 0.6) is 0 Å². The van der Waals surface area contributed by atoms with E-state index in [0.717, 1.165) is 6.26 Å². The second-order valence-corrected chi connectivity index (χ2v) is 8.45. The van der Waals surface area contributed by atoms with Crippen LogP contribution in [0.3, 0.4) is 0 Å². The summed E-state index contributed by atoms with van der Waals surface area (Å²) in [6.45, 7) is 0. The first-order valence-electron chi connectivity index (χ1n) is 7.63. The highest BCUT2D eigenvalue weighted by Crippen LogP contribution is 2.42. The van der Waals surface area contributed by atoms with Crippen LogP contribution in [0.15, 0.2) is 22.7 Å². The summed E-state index contributed by atoms with van der Waals surface area (Å²) in [6, 6.07) is 4.46. The highest BCUT2D eigenvalue weighted by atomic mass is 79.9. The second-order valence-electron chi connectivity index (χ2n) is 5.99. The lowest BCUT2D eigenvalue weighted by atomic mass is 9.78. The summed E-state index contributed by atoms with van der Waals surface area (Å²) in [6.07, 6.45) is 2.27. The third-order valence-corrected chi connectivity index (χ3v) is 5.55. The van der Waals surface area contributed by atoms with Crippen LogP contribution in [0.1, 0.15) is 37.4 Å². The third-order valence-electron chi connectivity index (χ3n) is 4.30. The number of hydrogen-bond acceptors (Lipinski definition) is 5. The minimum absolute atomic E-state index is 0.199. The van der Waals surface area contributed by atoms with Gasteiger partial charge in [0.15, 0.2) is 0 Å². The molecule has 1 aliphatic carbocycles. The lowest BCUT2D eigenvalue weighted by Gasteiger charge is -2.32. The number of methoxy groups -OCH3 is 1. The zero-order valence-electron chi connectivity index (χ0n) is 13.5. The van der Waals surface area contributed by atoms with Gasteiger partial charge in [-0.1, -0.05) is 22.0 Å². The molecule has 1 aromatic carbocycles. The van der Waals surface area contributed by atoms with E-state index in [1.165, 1.54) is 19.2 Å². The van der Waals surface area contributed by atoms with Crippen LogP contribution in [-0.4, -0.2) is 27.8 Å². The molecule has 1 atom stereocenters. The Labute approximate surface area is 149 Å². The van der Waals surface area contributed by atoms with Crippen LogP contribution < -0.4 is 0 Å². The van der Waals surface area contributed by atoms with Gasteiger partial charge >= 0.3 is 5.97 Å². The van der Waals surface area contributed by atoms with Crippen molar-refractivity contribution in [3.8, 4) is 0 Å². The molecule has 2 rings (SSSR count). The van der Waals surface area contributed by atoms with Gasteiger partial charge in [-0.25, -0.2) is 4.39 Å². The molecule has 0 N–H and O–H groups in total. The van der Waals surface area contributed by atoms with Crippen molar-refractivity contribution in [2.75, 3.05) is 13.4 Å². The Morgan fingerprint density at radius 3 is 2.42 bits per heavy atom. The number of ether oxygens (including phenoxy) is 1. The van der Waals surface area contributed by atoms with Gasteiger partial charge in [-0.3, -0.25) is 8.98 Å². The molecule has 0 spiro atoms. The average Bonchev–Trinajstić information content (AvgIpc) is 2.52. The summed E-state index contributed by atoms with van der Waals surface area (Å²) in [5.74, 6) is -1.18. The van der Waals surface area contributed by atoms with E-state index in [1.54, 1.807) is 6.07 Å². The fourth-order valence-electron chi connectivity index (χ4n) is 3.16. The van der Waals surface area contributed by atoms with Crippen molar-refractivity contribution in [2.45, 2.75) is 31.8 Å². The van der Waals surface area contributed by atoms with Crippen molar-refractivity contribution in [2.24, 2.45) is 11.8 Å². The van der Waals surface area contributed by atoms with Gasteiger partial charge in [-0.05, 0) is 43.7 Å². The molecule has 0 radical (unpaired) electrons. The zero-order valence-corrected chi connectivity index (χ0v) is 15.9. The van der Waals surface area contributed by atoms with Gasteiger partial charge < -0.3 is 4.74 Å². The molecular formula is C16H20BrFO5S. The summed E-state index contributed by atoms with van der Waals surface area (Å²) in [5, 5.41) is 0. The molecule has 0 amide bonds. The summed E-state index contributed by atoms with van der Waals surface area (Å²) in [5.41, 5.74) is 0.199. The first kappa shape index (κ1) is 19.3. The number of rotatable bonds is 5. The average molecular weight is 423 g/mol. The molecule has 1 saturated carbocycles. The van der Waals surface area contributed by atoms with Crippen LogP contribution in [0.25, 0.3) is 0 Å². The largest absolute Gasteiger partial charge is 0.469 e. The van der Waals surface area contributed by atoms with Crippen molar-refractivity contribution >= 4 is 32.0 Å². The Morgan fingerprint density at radius 2 is 1.92 bits per heavy atom. The fraction of sp³-hybridized carbons (Fsp3) is 0.562. The van der Waals surface area contributed by atoms with E-state index < -0.39 is 22.0 Å². The first-order chi connectivity index (χ1) is 11.2. The zero-order chi connectivity index (χ0) is 17.9. The van der Waals surface area contributed by atoms with Crippen LogP contribution in [0.4, 0.5) is 4.39 Å². The van der Waals surface area contributed by atoms with E-state index >= 15 is 0 Å². The summed E-state index contributed by atoms with van der Waals surface area (Å²) in [7, 11) is -2.42.